The van der Waals surface area contributed by atoms with Gasteiger partial charge in [0.15, 0.2) is 0 Å². The third-order valence-corrected chi connectivity index (χ3v) is 7.00. The summed E-state index contributed by atoms with van der Waals surface area (Å²) in [6.45, 7) is 5.76. The maximum absolute atomic E-state index is 13.3. The van der Waals surface area contributed by atoms with E-state index >= 15 is 0 Å². The lowest BCUT2D eigenvalue weighted by Gasteiger charge is -2.12. The number of ether oxygens (including phenoxy) is 1. The Morgan fingerprint density at radius 3 is 2.28 bits per heavy atom. The molecule has 0 atom stereocenters. The monoisotopic (exact) mass is 450 g/mol. The number of nitrogens with zero attached hydrogens (tertiary/aromatic N) is 2. The molecule has 1 aromatic heterocycles. The van der Waals surface area contributed by atoms with Crippen LogP contribution in [-0.4, -0.2) is 17.6 Å². The summed E-state index contributed by atoms with van der Waals surface area (Å²) in [6.07, 6.45) is 1.44. The van der Waals surface area contributed by atoms with E-state index in [1.807, 2.05) is 37.3 Å². The number of para-hydroxylation sites is 1. The van der Waals surface area contributed by atoms with E-state index in [2.05, 4.69) is 5.10 Å². The molecule has 0 radical (unpaired) electrons. The van der Waals surface area contributed by atoms with Crippen LogP contribution in [-0.2, 0) is 16.6 Å². The Hall–Kier alpha value is -3.45. The number of aromatic nitrogens is 2. The molecular weight excluding hydrogens is 427 g/mol. The molecule has 0 bridgehead atoms. The zero-order valence-electron chi connectivity index (χ0n) is 18.0. The van der Waals surface area contributed by atoms with Gasteiger partial charge in [0.05, 0.1) is 10.6 Å². The summed E-state index contributed by atoms with van der Waals surface area (Å²) >= 11 is 0. The molecule has 0 spiro atoms. The van der Waals surface area contributed by atoms with Crippen molar-refractivity contribution in [1.29, 1.82) is 0 Å². The van der Waals surface area contributed by atoms with Gasteiger partial charge in [-0.05, 0) is 67.8 Å². The first kappa shape index (κ1) is 21.8. The zero-order chi connectivity index (χ0) is 22.9. The third kappa shape index (κ3) is 4.29. The van der Waals surface area contributed by atoms with Gasteiger partial charge in [0, 0.05) is 11.8 Å². The lowest BCUT2D eigenvalue weighted by Crippen LogP contribution is -2.16. The summed E-state index contributed by atoms with van der Waals surface area (Å²) in [6, 6.07) is 18.7. The van der Waals surface area contributed by atoms with E-state index in [0.717, 1.165) is 15.2 Å². The summed E-state index contributed by atoms with van der Waals surface area (Å²) in [5.41, 5.74) is 4.34. The average molecular weight is 451 g/mol. The Balaban J connectivity index is 1.65. The smallest absolute Gasteiger partial charge is 0.283 e. The summed E-state index contributed by atoms with van der Waals surface area (Å²) in [7, 11) is -3.85. The molecule has 7 heteroatoms. The van der Waals surface area contributed by atoms with Gasteiger partial charge >= 0.3 is 0 Å². The van der Waals surface area contributed by atoms with Crippen LogP contribution in [0.25, 0.3) is 11.3 Å². The van der Waals surface area contributed by atoms with Gasteiger partial charge in [-0.1, -0.05) is 42.0 Å². The SMILES string of the molecule is Cc1cc(C)c(S(=O)(=O)n2ccc(-c3ccccc3OCc3ccc(F)cc3)n2)c(C)c1. The lowest BCUT2D eigenvalue weighted by molar-refractivity contribution is 0.307. The molecule has 0 N–H and O–H groups in total. The maximum Gasteiger partial charge on any atom is 0.283 e. The highest BCUT2D eigenvalue weighted by Crippen LogP contribution is 2.30. The van der Waals surface area contributed by atoms with E-state index in [4.69, 9.17) is 4.74 Å². The second-order valence-corrected chi connectivity index (χ2v) is 9.45. The van der Waals surface area contributed by atoms with Crippen LogP contribution in [0.3, 0.4) is 0 Å². The molecule has 5 nitrogen and oxygen atoms in total. The minimum atomic E-state index is -3.85. The Bertz CT molecular complexity index is 1350. The molecule has 0 fully saturated rings. The van der Waals surface area contributed by atoms with Crippen molar-refractivity contribution in [3.8, 4) is 17.0 Å². The molecule has 4 rings (SSSR count). The van der Waals surface area contributed by atoms with Gasteiger partial charge in [-0.25, -0.2) is 4.39 Å². The first-order valence-electron chi connectivity index (χ1n) is 10.1. The predicted octanol–water partition coefficient (Wildman–Crippen LogP) is 5.43. The fourth-order valence-electron chi connectivity index (χ4n) is 3.80. The number of hydrogen-bond acceptors (Lipinski definition) is 4. The molecule has 0 aliphatic heterocycles. The fourth-order valence-corrected chi connectivity index (χ4v) is 5.33. The van der Waals surface area contributed by atoms with Crippen molar-refractivity contribution < 1.29 is 17.5 Å². The van der Waals surface area contributed by atoms with Crippen LogP contribution in [0.1, 0.15) is 22.3 Å². The molecule has 0 amide bonds. The van der Waals surface area contributed by atoms with Crippen LogP contribution in [0.5, 0.6) is 5.75 Å². The number of rotatable bonds is 6. The van der Waals surface area contributed by atoms with Gasteiger partial charge in [-0.2, -0.15) is 17.6 Å². The van der Waals surface area contributed by atoms with Crippen LogP contribution in [0.2, 0.25) is 0 Å². The molecule has 0 saturated heterocycles. The Kier molecular flexibility index (Phi) is 5.84. The molecule has 0 aliphatic carbocycles. The number of hydrogen-bond donors (Lipinski definition) is 0. The fraction of sp³-hybridized carbons (Fsp3) is 0.160. The van der Waals surface area contributed by atoms with Crippen LogP contribution in [0.15, 0.2) is 77.8 Å². The predicted molar refractivity (Wildman–Crippen MR) is 122 cm³/mol. The van der Waals surface area contributed by atoms with Crippen molar-refractivity contribution in [3.63, 3.8) is 0 Å². The molecular formula is C25H23FN2O3S. The third-order valence-electron chi connectivity index (χ3n) is 5.15. The van der Waals surface area contributed by atoms with Crippen molar-refractivity contribution in [2.24, 2.45) is 0 Å². The first-order valence-corrected chi connectivity index (χ1v) is 11.6. The second kappa shape index (κ2) is 8.59. The van der Waals surface area contributed by atoms with Crippen molar-refractivity contribution in [1.82, 2.24) is 9.19 Å². The van der Waals surface area contributed by atoms with Crippen LogP contribution in [0, 0.1) is 26.6 Å². The minimum absolute atomic E-state index is 0.248. The number of aryl methyl sites for hydroxylation is 3. The normalized spacial score (nSPS) is 11.5. The minimum Gasteiger partial charge on any atom is -0.488 e. The van der Waals surface area contributed by atoms with E-state index in [1.165, 1.54) is 18.3 Å². The summed E-state index contributed by atoms with van der Waals surface area (Å²) in [5, 5.41) is 4.36. The largest absolute Gasteiger partial charge is 0.488 e. The standard InChI is InChI=1S/C25H23FN2O3S/c1-17-14-18(2)25(19(3)15-17)32(29,30)28-13-12-23(27-28)22-6-4-5-7-24(22)31-16-20-8-10-21(26)11-9-20/h4-15H,16H2,1-3H3. The summed E-state index contributed by atoms with van der Waals surface area (Å²) in [4.78, 5) is 0.263. The van der Waals surface area contributed by atoms with Crippen LogP contribution in [0.4, 0.5) is 4.39 Å². The maximum atomic E-state index is 13.3. The molecule has 0 unspecified atom stereocenters. The van der Waals surface area contributed by atoms with Gasteiger partial charge < -0.3 is 4.74 Å². The van der Waals surface area contributed by atoms with E-state index < -0.39 is 10.0 Å². The quantitative estimate of drug-likeness (QED) is 0.393. The summed E-state index contributed by atoms with van der Waals surface area (Å²) < 4.78 is 46.6. The van der Waals surface area contributed by atoms with Crippen molar-refractivity contribution in [3.05, 3.63) is 101 Å². The molecule has 164 valence electrons. The van der Waals surface area contributed by atoms with Gasteiger partial charge in [0.1, 0.15) is 18.2 Å². The lowest BCUT2D eigenvalue weighted by atomic mass is 10.1. The van der Waals surface area contributed by atoms with E-state index in [-0.39, 0.29) is 17.3 Å². The number of halogens is 1. The molecule has 4 aromatic rings. The average Bonchev–Trinajstić information content (AvgIpc) is 3.24. The first-order chi connectivity index (χ1) is 15.3. The van der Waals surface area contributed by atoms with E-state index in [0.29, 0.717) is 28.1 Å². The van der Waals surface area contributed by atoms with Gasteiger partial charge in [-0.15, -0.1) is 0 Å². The molecule has 0 aliphatic rings. The van der Waals surface area contributed by atoms with Gasteiger partial charge in [0.2, 0.25) is 0 Å². The Labute approximate surface area is 187 Å². The Morgan fingerprint density at radius 2 is 1.59 bits per heavy atom. The van der Waals surface area contributed by atoms with Crippen molar-refractivity contribution in [2.75, 3.05) is 0 Å². The molecule has 3 aromatic carbocycles. The van der Waals surface area contributed by atoms with Crippen molar-refractivity contribution >= 4 is 10.0 Å². The van der Waals surface area contributed by atoms with E-state index in [1.54, 1.807) is 38.1 Å². The van der Waals surface area contributed by atoms with Gasteiger partial charge in [-0.3, -0.25) is 0 Å². The van der Waals surface area contributed by atoms with Crippen LogP contribution >= 0.6 is 0 Å². The zero-order valence-corrected chi connectivity index (χ0v) is 18.9. The second-order valence-electron chi connectivity index (χ2n) is 7.72. The number of benzene rings is 3. The molecule has 32 heavy (non-hydrogen) atoms. The Morgan fingerprint density at radius 1 is 0.938 bits per heavy atom. The highest BCUT2D eigenvalue weighted by molar-refractivity contribution is 7.90. The van der Waals surface area contributed by atoms with E-state index in [9.17, 15) is 12.8 Å². The van der Waals surface area contributed by atoms with Crippen molar-refractivity contribution in [2.45, 2.75) is 32.3 Å². The van der Waals surface area contributed by atoms with Gasteiger partial charge in [0.25, 0.3) is 10.0 Å². The highest BCUT2D eigenvalue weighted by atomic mass is 32.2. The highest BCUT2D eigenvalue weighted by Gasteiger charge is 2.24. The molecule has 0 saturated carbocycles. The topological polar surface area (TPSA) is 61.2 Å². The van der Waals surface area contributed by atoms with Crippen LogP contribution < -0.4 is 4.74 Å². The molecule has 1 heterocycles. The summed E-state index contributed by atoms with van der Waals surface area (Å²) in [5.74, 6) is 0.252.